The molecule has 8 heteroatoms. The molecule has 0 bridgehead atoms. The molecule has 0 aromatic carbocycles. The summed E-state index contributed by atoms with van der Waals surface area (Å²) in [6.07, 6.45) is 6.42. The number of aryl methyl sites for hydroxylation is 1. The largest absolute Gasteiger partial charge is 0.436 e. The van der Waals surface area contributed by atoms with Crippen LogP contribution in [-0.4, -0.2) is 60.1 Å². The number of thiazole rings is 1. The number of allylic oxidation sites excluding steroid dienone is 1. The lowest BCUT2D eigenvalue weighted by atomic mass is 10.3. The first-order valence-corrected chi connectivity index (χ1v) is 8.37. The molecule has 7 nitrogen and oxygen atoms in total. The van der Waals surface area contributed by atoms with Crippen LogP contribution in [0.5, 0.6) is 11.6 Å². The fourth-order valence-electron chi connectivity index (χ4n) is 1.72. The number of nitrogens with zero attached hydrogens (tertiary/aromatic N) is 5. The van der Waals surface area contributed by atoms with E-state index in [-0.39, 0.29) is 5.78 Å². The third-order valence-corrected chi connectivity index (χ3v) is 3.77. The lowest BCUT2D eigenvalue weighted by Crippen LogP contribution is -2.07. The summed E-state index contributed by atoms with van der Waals surface area (Å²) in [5, 5.41) is 0.761. The number of carbonyl (C=O) groups excluding carboxylic acids is 1. The van der Waals surface area contributed by atoms with Crippen molar-refractivity contribution >= 4 is 29.3 Å². The number of hydrogen-bond donors (Lipinski definition) is 0. The minimum absolute atomic E-state index is 0.144. The highest BCUT2D eigenvalue weighted by Crippen LogP contribution is 2.30. The number of ether oxygens (including phenoxy) is 1. The average Bonchev–Trinajstić information content (AvgIpc) is 2.92. The topological polar surface area (TPSA) is 70.9 Å². The summed E-state index contributed by atoms with van der Waals surface area (Å²) in [6, 6.07) is 3.48. The summed E-state index contributed by atoms with van der Waals surface area (Å²) in [6.45, 7) is 1.83. The van der Waals surface area contributed by atoms with Gasteiger partial charge in [0.05, 0.1) is 17.5 Å². The molecule has 2 heterocycles. The zero-order chi connectivity index (χ0) is 18.4. The molecule has 25 heavy (non-hydrogen) atoms. The van der Waals surface area contributed by atoms with Gasteiger partial charge in [-0.25, -0.2) is 15.0 Å². The summed E-state index contributed by atoms with van der Waals surface area (Å²) in [7, 11) is 7.47. The number of rotatable bonds is 7. The van der Waals surface area contributed by atoms with Crippen molar-refractivity contribution in [3.8, 4) is 11.6 Å². The summed E-state index contributed by atoms with van der Waals surface area (Å²) in [5.74, 6) is 1.22. The molecule has 0 aliphatic rings. The minimum atomic E-state index is -0.144. The summed E-state index contributed by atoms with van der Waals surface area (Å²) in [4.78, 5) is 29.1. The molecule has 0 amide bonds. The Kier molecular flexibility index (Phi) is 6.24. The lowest BCUT2D eigenvalue weighted by molar-refractivity contribution is 0.104. The highest BCUT2D eigenvalue weighted by Gasteiger charge is 2.17. The van der Waals surface area contributed by atoms with Crippen LogP contribution in [0, 0.1) is 6.92 Å². The normalized spacial score (nSPS) is 11.2. The molecule has 2 rings (SSSR count). The molecular formula is C17H21N5O2S. The van der Waals surface area contributed by atoms with Crippen LogP contribution >= 0.6 is 11.3 Å². The number of hydrogen-bond acceptors (Lipinski definition) is 7. The van der Waals surface area contributed by atoms with Gasteiger partial charge in [-0.05, 0) is 19.1 Å². The molecule has 0 radical (unpaired) electrons. The van der Waals surface area contributed by atoms with E-state index in [0.717, 1.165) is 5.01 Å². The first-order chi connectivity index (χ1) is 11.8. The molecule has 0 aliphatic heterocycles. The third-order valence-electron chi connectivity index (χ3n) is 2.81. The zero-order valence-electron chi connectivity index (χ0n) is 14.9. The van der Waals surface area contributed by atoms with Crippen LogP contribution in [0.2, 0.25) is 0 Å². The second-order valence-electron chi connectivity index (χ2n) is 5.67. The Hall–Kier alpha value is -2.74. The first kappa shape index (κ1) is 18.6. The number of pyridine rings is 1. The minimum Gasteiger partial charge on any atom is -0.436 e. The van der Waals surface area contributed by atoms with Gasteiger partial charge in [0.25, 0.3) is 0 Å². The lowest BCUT2D eigenvalue weighted by Gasteiger charge is -2.05. The second kappa shape index (κ2) is 8.39. The van der Waals surface area contributed by atoms with Crippen LogP contribution in [0.4, 0.5) is 5.82 Å². The van der Waals surface area contributed by atoms with Gasteiger partial charge < -0.3 is 14.5 Å². The fourth-order valence-corrected chi connectivity index (χ4v) is 2.49. The van der Waals surface area contributed by atoms with Crippen molar-refractivity contribution in [2.75, 3.05) is 28.2 Å². The van der Waals surface area contributed by atoms with E-state index in [1.165, 1.54) is 17.4 Å². The van der Waals surface area contributed by atoms with E-state index < -0.39 is 0 Å². The van der Waals surface area contributed by atoms with E-state index in [0.29, 0.717) is 22.3 Å². The quantitative estimate of drug-likeness (QED) is 0.327. The number of carbonyl (C=O) groups is 1. The Bertz CT molecular complexity index is 779. The van der Waals surface area contributed by atoms with Crippen molar-refractivity contribution in [3.63, 3.8) is 0 Å². The smallest absolute Gasteiger partial charge is 0.241 e. The fraction of sp³-hybridized carbons (Fsp3) is 0.294. The Labute approximate surface area is 151 Å². The molecule has 0 spiro atoms. The van der Waals surface area contributed by atoms with E-state index in [4.69, 9.17) is 4.74 Å². The van der Waals surface area contributed by atoms with Crippen LogP contribution in [-0.2, 0) is 0 Å². The van der Waals surface area contributed by atoms with Crippen LogP contribution in [0.15, 0.2) is 35.6 Å². The molecule has 0 saturated heterocycles. The highest BCUT2D eigenvalue weighted by molar-refractivity contribution is 7.14. The standard InChI is InChI=1S/C17H21N5O2S/c1-12-20-17(16(25-12)14(23)8-9-21(2)3)24-13-6-7-15(18-10-13)19-11-22(4)5/h6-11H,1-5H3/b9-8+,19-11+. The van der Waals surface area contributed by atoms with E-state index in [1.807, 2.05) is 40.0 Å². The maximum atomic E-state index is 12.3. The van der Waals surface area contributed by atoms with Gasteiger partial charge in [-0.1, -0.05) is 0 Å². The van der Waals surface area contributed by atoms with Crippen LogP contribution in [0.3, 0.4) is 0 Å². The third kappa shape index (κ3) is 5.68. The zero-order valence-corrected chi connectivity index (χ0v) is 15.7. The Morgan fingerprint density at radius 2 is 2.00 bits per heavy atom. The molecular weight excluding hydrogens is 338 g/mol. The van der Waals surface area contributed by atoms with Crippen molar-refractivity contribution in [1.82, 2.24) is 19.8 Å². The number of aromatic nitrogens is 2. The van der Waals surface area contributed by atoms with E-state index >= 15 is 0 Å². The molecule has 0 saturated carbocycles. The van der Waals surface area contributed by atoms with Crippen molar-refractivity contribution in [1.29, 1.82) is 0 Å². The molecule has 132 valence electrons. The van der Waals surface area contributed by atoms with Gasteiger partial charge in [0, 0.05) is 40.5 Å². The van der Waals surface area contributed by atoms with Crippen molar-refractivity contribution < 1.29 is 9.53 Å². The van der Waals surface area contributed by atoms with Crippen LogP contribution < -0.4 is 4.74 Å². The summed E-state index contributed by atoms with van der Waals surface area (Å²) < 4.78 is 5.75. The van der Waals surface area contributed by atoms with Crippen molar-refractivity contribution in [3.05, 3.63) is 40.5 Å². The van der Waals surface area contributed by atoms with Gasteiger partial charge in [0.15, 0.2) is 5.82 Å². The molecule has 2 aromatic heterocycles. The summed E-state index contributed by atoms with van der Waals surface area (Å²) in [5.41, 5.74) is 0. The first-order valence-electron chi connectivity index (χ1n) is 7.56. The van der Waals surface area contributed by atoms with E-state index in [9.17, 15) is 4.79 Å². The number of aliphatic imine (C=N–C) groups is 1. The van der Waals surface area contributed by atoms with E-state index in [2.05, 4.69) is 15.0 Å². The predicted molar refractivity (Wildman–Crippen MR) is 100 cm³/mol. The summed E-state index contributed by atoms with van der Waals surface area (Å²) >= 11 is 1.30. The SMILES string of the molecule is Cc1nc(Oc2ccc(/N=C/N(C)C)nc2)c(C(=O)/C=C/N(C)C)s1. The Balaban J connectivity index is 2.16. The number of ketones is 1. The molecule has 0 unspecified atom stereocenters. The van der Waals surface area contributed by atoms with Gasteiger partial charge >= 0.3 is 0 Å². The molecule has 2 aromatic rings. The van der Waals surface area contributed by atoms with Crippen molar-refractivity contribution in [2.45, 2.75) is 6.92 Å². The Morgan fingerprint density at radius 1 is 1.24 bits per heavy atom. The van der Waals surface area contributed by atoms with Gasteiger partial charge in [0.2, 0.25) is 11.7 Å². The molecule has 0 atom stereocenters. The van der Waals surface area contributed by atoms with E-state index in [1.54, 1.807) is 35.8 Å². The van der Waals surface area contributed by atoms with Crippen LogP contribution in [0.1, 0.15) is 14.7 Å². The van der Waals surface area contributed by atoms with Gasteiger partial charge in [-0.2, -0.15) is 0 Å². The average molecular weight is 359 g/mol. The molecule has 0 aliphatic carbocycles. The molecule has 0 fully saturated rings. The van der Waals surface area contributed by atoms with Gasteiger partial charge in [0.1, 0.15) is 10.6 Å². The van der Waals surface area contributed by atoms with Crippen LogP contribution in [0.25, 0.3) is 0 Å². The Morgan fingerprint density at radius 3 is 2.60 bits per heavy atom. The second-order valence-corrected chi connectivity index (χ2v) is 6.88. The van der Waals surface area contributed by atoms with Gasteiger partial charge in [-0.15, -0.1) is 11.3 Å². The molecule has 0 N–H and O–H groups in total. The monoisotopic (exact) mass is 359 g/mol. The highest BCUT2D eigenvalue weighted by atomic mass is 32.1. The maximum Gasteiger partial charge on any atom is 0.241 e. The van der Waals surface area contributed by atoms with Gasteiger partial charge in [-0.3, -0.25) is 4.79 Å². The predicted octanol–water partition coefficient (Wildman–Crippen LogP) is 3.12. The maximum absolute atomic E-state index is 12.3. The van der Waals surface area contributed by atoms with Crippen molar-refractivity contribution in [2.24, 2.45) is 4.99 Å².